The first-order chi connectivity index (χ1) is 8.41. The van der Waals surface area contributed by atoms with Gasteiger partial charge in [0, 0.05) is 0 Å². The predicted octanol–water partition coefficient (Wildman–Crippen LogP) is 2.85. The van der Waals surface area contributed by atoms with Crippen molar-refractivity contribution in [1.29, 1.82) is 0 Å². The van der Waals surface area contributed by atoms with Crippen molar-refractivity contribution in [3.05, 3.63) is 40.3 Å². The molecule has 2 rings (SSSR count). The van der Waals surface area contributed by atoms with Crippen LogP contribution < -0.4 is 0 Å². The number of aromatic nitrogens is 2. The van der Waals surface area contributed by atoms with Crippen molar-refractivity contribution in [2.75, 3.05) is 0 Å². The zero-order valence-electron chi connectivity index (χ0n) is 8.47. The monoisotopic (exact) mass is 276 g/mol. The highest BCUT2D eigenvalue weighted by atomic mass is 35.5. The van der Waals surface area contributed by atoms with Crippen molar-refractivity contribution >= 4 is 17.6 Å². The van der Waals surface area contributed by atoms with Gasteiger partial charge in [0.1, 0.15) is 5.69 Å². The maximum atomic E-state index is 13.6. The standard InChI is InChI=1S/C10H4ClF3N2O2/c11-3-1-4(12)9(14)7(8(3)13)5-2-6(10(17)18)16-15-5/h1-2H,(H,15,16)(H,17,18). The molecule has 94 valence electrons. The van der Waals surface area contributed by atoms with Crippen LogP contribution in [0.25, 0.3) is 11.3 Å². The van der Waals surface area contributed by atoms with Crippen LogP contribution in [0.1, 0.15) is 10.5 Å². The first-order valence-electron chi connectivity index (χ1n) is 4.54. The van der Waals surface area contributed by atoms with Gasteiger partial charge in [-0.3, -0.25) is 5.10 Å². The molecule has 0 aliphatic rings. The average Bonchev–Trinajstić information content (AvgIpc) is 2.76. The largest absolute Gasteiger partial charge is 0.477 e. The topological polar surface area (TPSA) is 66.0 Å². The van der Waals surface area contributed by atoms with Gasteiger partial charge < -0.3 is 5.11 Å². The van der Waals surface area contributed by atoms with Gasteiger partial charge >= 0.3 is 5.97 Å². The van der Waals surface area contributed by atoms with Gasteiger partial charge in [-0.05, 0) is 12.1 Å². The lowest BCUT2D eigenvalue weighted by Gasteiger charge is -2.04. The highest BCUT2D eigenvalue weighted by Crippen LogP contribution is 2.31. The third-order valence-corrected chi connectivity index (χ3v) is 2.45. The molecule has 0 fully saturated rings. The molecular weight excluding hydrogens is 273 g/mol. The molecule has 8 heteroatoms. The van der Waals surface area contributed by atoms with Crippen molar-refractivity contribution in [1.82, 2.24) is 10.2 Å². The molecule has 0 unspecified atom stereocenters. The highest BCUT2D eigenvalue weighted by Gasteiger charge is 2.22. The van der Waals surface area contributed by atoms with E-state index in [2.05, 4.69) is 5.10 Å². The fourth-order valence-electron chi connectivity index (χ4n) is 1.36. The van der Waals surface area contributed by atoms with Crippen molar-refractivity contribution < 1.29 is 23.1 Å². The Morgan fingerprint density at radius 3 is 2.50 bits per heavy atom. The number of carboxylic acids is 1. The summed E-state index contributed by atoms with van der Waals surface area (Å²) >= 11 is 5.37. The van der Waals surface area contributed by atoms with E-state index in [1.165, 1.54) is 0 Å². The maximum absolute atomic E-state index is 13.6. The predicted molar refractivity (Wildman–Crippen MR) is 55.9 cm³/mol. The normalized spacial score (nSPS) is 10.7. The van der Waals surface area contributed by atoms with Crippen LogP contribution in [0.5, 0.6) is 0 Å². The lowest BCUT2D eigenvalue weighted by Crippen LogP contribution is -1.96. The summed E-state index contributed by atoms with van der Waals surface area (Å²) in [4.78, 5) is 10.6. The van der Waals surface area contributed by atoms with Crippen LogP contribution >= 0.6 is 11.6 Å². The summed E-state index contributed by atoms with van der Waals surface area (Å²) in [6.07, 6.45) is 0. The Morgan fingerprint density at radius 1 is 1.28 bits per heavy atom. The molecule has 0 saturated carbocycles. The Balaban J connectivity index is 2.66. The van der Waals surface area contributed by atoms with Crippen molar-refractivity contribution in [2.24, 2.45) is 0 Å². The Morgan fingerprint density at radius 2 is 1.94 bits per heavy atom. The molecule has 2 N–H and O–H groups in total. The zero-order valence-corrected chi connectivity index (χ0v) is 9.23. The second-order valence-corrected chi connectivity index (χ2v) is 3.72. The van der Waals surface area contributed by atoms with E-state index in [9.17, 15) is 18.0 Å². The molecule has 0 aliphatic heterocycles. The van der Waals surface area contributed by atoms with Crippen LogP contribution in [0.4, 0.5) is 13.2 Å². The molecule has 0 saturated heterocycles. The van der Waals surface area contributed by atoms with Crippen LogP contribution in [-0.4, -0.2) is 21.3 Å². The summed E-state index contributed by atoms with van der Waals surface area (Å²) in [7, 11) is 0. The number of hydrogen-bond donors (Lipinski definition) is 2. The minimum Gasteiger partial charge on any atom is -0.477 e. The summed E-state index contributed by atoms with van der Waals surface area (Å²) in [5, 5.41) is 13.5. The summed E-state index contributed by atoms with van der Waals surface area (Å²) in [5.41, 5.74) is -1.59. The number of H-pyrrole nitrogens is 1. The smallest absolute Gasteiger partial charge is 0.353 e. The third-order valence-electron chi connectivity index (χ3n) is 2.18. The molecule has 0 atom stereocenters. The molecule has 1 aromatic heterocycles. The van der Waals surface area contributed by atoms with Crippen molar-refractivity contribution in [3.8, 4) is 11.3 Å². The number of carbonyl (C=O) groups is 1. The third kappa shape index (κ3) is 1.92. The highest BCUT2D eigenvalue weighted by molar-refractivity contribution is 6.31. The number of carboxylic acid groups (broad SMARTS) is 1. The maximum Gasteiger partial charge on any atom is 0.353 e. The first kappa shape index (κ1) is 12.4. The summed E-state index contributed by atoms with van der Waals surface area (Å²) in [5.74, 6) is -5.41. The molecular formula is C10H4ClF3N2O2. The fourth-order valence-corrected chi connectivity index (χ4v) is 1.55. The summed E-state index contributed by atoms with van der Waals surface area (Å²) in [6.45, 7) is 0. The first-order valence-corrected chi connectivity index (χ1v) is 4.91. The van der Waals surface area contributed by atoms with Gasteiger partial charge in [0.25, 0.3) is 0 Å². The van der Waals surface area contributed by atoms with Gasteiger partial charge in [-0.25, -0.2) is 18.0 Å². The number of benzene rings is 1. The molecule has 0 aliphatic carbocycles. The number of nitrogens with one attached hydrogen (secondary N) is 1. The number of nitrogens with zero attached hydrogens (tertiary/aromatic N) is 1. The van der Waals surface area contributed by atoms with Crippen LogP contribution in [0.15, 0.2) is 12.1 Å². The van der Waals surface area contributed by atoms with Gasteiger partial charge in [0.2, 0.25) is 0 Å². The van der Waals surface area contributed by atoms with Gasteiger partial charge in [0.05, 0.1) is 16.3 Å². The average molecular weight is 277 g/mol. The Bertz CT molecular complexity index is 616. The van der Waals surface area contributed by atoms with Gasteiger partial charge in [0.15, 0.2) is 17.5 Å². The van der Waals surface area contributed by atoms with Crippen LogP contribution in [0.2, 0.25) is 5.02 Å². The Labute approximate surface area is 103 Å². The van der Waals surface area contributed by atoms with E-state index < -0.39 is 34.0 Å². The molecule has 4 nitrogen and oxygen atoms in total. The second-order valence-electron chi connectivity index (χ2n) is 3.32. The molecule has 0 spiro atoms. The molecule has 0 bridgehead atoms. The quantitative estimate of drug-likeness (QED) is 0.829. The SMILES string of the molecule is O=C(O)c1cc(-c2c(F)c(F)cc(Cl)c2F)n[nH]1. The Kier molecular flexibility index (Phi) is 3.00. The molecule has 1 aromatic carbocycles. The van der Waals surface area contributed by atoms with Gasteiger partial charge in [-0.1, -0.05) is 11.6 Å². The number of halogens is 4. The van der Waals surface area contributed by atoms with Crippen LogP contribution in [0.3, 0.4) is 0 Å². The lowest BCUT2D eigenvalue weighted by molar-refractivity contribution is 0.0690. The zero-order chi connectivity index (χ0) is 13.4. The molecule has 0 amide bonds. The minimum absolute atomic E-state index is 0.385. The fraction of sp³-hybridized carbons (Fsp3) is 0. The van der Waals surface area contributed by atoms with E-state index in [4.69, 9.17) is 16.7 Å². The van der Waals surface area contributed by atoms with Gasteiger partial charge in [-0.2, -0.15) is 5.10 Å². The van der Waals surface area contributed by atoms with Crippen LogP contribution in [-0.2, 0) is 0 Å². The van der Waals surface area contributed by atoms with E-state index in [0.29, 0.717) is 6.07 Å². The van der Waals surface area contributed by atoms with Crippen molar-refractivity contribution in [2.45, 2.75) is 0 Å². The van der Waals surface area contributed by atoms with Crippen molar-refractivity contribution in [3.63, 3.8) is 0 Å². The Hall–Kier alpha value is -2.02. The van der Waals surface area contributed by atoms with E-state index in [1.54, 1.807) is 0 Å². The van der Waals surface area contributed by atoms with E-state index in [-0.39, 0.29) is 11.4 Å². The molecule has 2 aromatic rings. The van der Waals surface area contributed by atoms with Gasteiger partial charge in [-0.15, -0.1) is 0 Å². The molecule has 18 heavy (non-hydrogen) atoms. The minimum atomic E-state index is -1.49. The van der Waals surface area contributed by atoms with Crippen LogP contribution in [0, 0.1) is 17.5 Å². The summed E-state index contributed by atoms with van der Waals surface area (Å²) in [6, 6.07) is 1.36. The van der Waals surface area contributed by atoms with E-state index in [1.807, 2.05) is 5.10 Å². The van der Waals surface area contributed by atoms with E-state index >= 15 is 0 Å². The number of aromatic carboxylic acids is 1. The summed E-state index contributed by atoms with van der Waals surface area (Å²) < 4.78 is 40.2. The molecule has 0 radical (unpaired) electrons. The number of aromatic amines is 1. The second kappa shape index (κ2) is 4.34. The number of rotatable bonds is 2. The van der Waals surface area contributed by atoms with E-state index in [0.717, 1.165) is 6.07 Å². The number of hydrogen-bond acceptors (Lipinski definition) is 2. The lowest BCUT2D eigenvalue weighted by atomic mass is 10.1. The molecule has 1 heterocycles.